The molecule has 0 bridgehead atoms. The standard InChI is InChI=1S/C34H37N3O7S/c1-4-43-28-12-8-10-26(20-28)25-18-16-24(17-19-25)21-34(35,45(41,42)29-13-6-5-7-14-29)30-15-9-11-27(37-30)22-33(2,3)44-32(40)36-23-31(38)39/h5-20H,4,21-23,35H2,1-3H3,(H,36,40)(H,38,39). The Labute approximate surface area is 263 Å². The van der Waals surface area contributed by atoms with E-state index in [1.54, 1.807) is 50.2 Å². The van der Waals surface area contributed by atoms with Crippen molar-refractivity contribution in [2.24, 2.45) is 5.73 Å². The number of sulfone groups is 1. The molecule has 236 valence electrons. The van der Waals surface area contributed by atoms with Crippen molar-refractivity contribution in [1.29, 1.82) is 0 Å². The van der Waals surface area contributed by atoms with Crippen LogP contribution in [0, 0.1) is 0 Å². The number of nitrogens with zero attached hydrogens (tertiary/aromatic N) is 1. The Balaban J connectivity index is 1.67. The second-order valence-electron chi connectivity index (χ2n) is 11.1. The van der Waals surface area contributed by atoms with Crippen LogP contribution < -0.4 is 15.8 Å². The molecule has 0 saturated carbocycles. The maximum atomic E-state index is 14.2. The lowest BCUT2D eigenvalue weighted by Gasteiger charge is -2.30. The molecular weight excluding hydrogens is 594 g/mol. The zero-order valence-corrected chi connectivity index (χ0v) is 26.2. The summed E-state index contributed by atoms with van der Waals surface area (Å²) in [5.74, 6) is -0.446. The van der Waals surface area contributed by atoms with Gasteiger partial charge >= 0.3 is 12.1 Å². The van der Waals surface area contributed by atoms with Gasteiger partial charge in [0, 0.05) is 18.5 Å². The molecule has 0 aliphatic carbocycles. The minimum Gasteiger partial charge on any atom is -0.494 e. The molecule has 10 nitrogen and oxygen atoms in total. The van der Waals surface area contributed by atoms with Crippen molar-refractivity contribution in [2.75, 3.05) is 13.2 Å². The molecule has 0 fully saturated rings. The number of pyridine rings is 1. The van der Waals surface area contributed by atoms with Gasteiger partial charge in [0.25, 0.3) is 0 Å². The number of nitrogens with one attached hydrogen (secondary N) is 1. The van der Waals surface area contributed by atoms with Gasteiger partial charge in [-0.25, -0.2) is 13.2 Å². The molecule has 0 aliphatic rings. The molecule has 4 N–H and O–H groups in total. The van der Waals surface area contributed by atoms with Gasteiger partial charge in [-0.15, -0.1) is 0 Å². The number of carbonyl (C=O) groups is 2. The van der Waals surface area contributed by atoms with Crippen LogP contribution >= 0.6 is 0 Å². The maximum absolute atomic E-state index is 14.2. The van der Waals surface area contributed by atoms with E-state index in [1.165, 1.54) is 12.1 Å². The molecule has 0 radical (unpaired) electrons. The highest BCUT2D eigenvalue weighted by atomic mass is 32.2. The average molecular weight is 632 g/mol. The topological polar surface area (TPSA) is 158 Å². The van der Waals surface area contributed by atoms with E-state index < -0.39 is 38.9 Å². The molecule has 1 atom stereocenters. The van der Waals surface area contributed by atoms with Gasteiger partial charge in [-0.05, 0) is 73.9 Å². The summed E-state index contributed by atoms with van der Waals surface area (Å²) in [6.07, 6.45) is -0.859. The minimum absolute atomic E-state index is 0.0582. The van der Waals surface area contributed by atoms with E-state index >= 15 is 0 Å². The largest absolute Gasteiger partial charge is 0.494 e. The quantitative estimate of drug-likeness (QED) is 0.182. The van der Waals surface area contributed by atoms with Crippen LogP contribution in [0.15, 0.2) is 102 Å². The van der Waals surface area contributed by atoms with Crippen LogP contribution in [0.4, 0.5) is 4.79 Å². The summed E-state index contributed by atoms with van der Waals surface area (Å²) < 4.78 is 39.5. The molecule has 4 rings (SSSR count). The fraction of sp³-hybridized carbons (Fsp3) is 0.265. The van der Waals surface area contributed by atoms with Gasteiger partial charge < -0.3 is 25.6 Å². The number of nitrogens with two attached hydrogens (primary N) is 1. The van der Waals surface area contributed by atoms with Crippen LogP contribution in [0.2, 0.25) is 0 Å². The van der Waals surface area contributed by atoms with Gasteiger partial charge in [-0.2, -0.15) is 0 Å². The number of amides is 1. The summed E-state index contributed by atoms with van der Waals surface area (Å²) in [5.41, 5.74) is 8.97. The highest BCUT2D eigenvalue weighted by molar-refractivity contribution is 7.92. The number of benzene rings is 3. The number of aromatic nitrogens is 1. The van der Waals surface area contributed by atoms with Gasteiger partial charge in [0.05, 0.1) is 17.2 Å². The lowest BCUT2D eigenvalue weighted by molar-refractivity contribution is -0.136. The molecule has 0 saturated heterocycles. The van der Waals surface area contributed by atoms with Crippen molar-refractivity contribution < 1.29 is 32.6 Å². The van der Waals surface area contributed by atoms with Crippen molar-refractivity contribution in [3.05, 3.63) is 114 Å². The third-order valence-electron chi connectivity index (χ3n) is 7.03. The lowest BCUT2D eigenvalue weighted by atomic mass is 9.98. The normalized spacial score (nSPS) is 13.0. The lowest BCUT2D eigenvalue weighted by Crippen LogP contribution is -2.47. The Kier molecular flexibility index (Phi) is 10.3. The van der Waals surface area contributed by atoms with E-state index in [0.717, 1.165) is 16.9 Å². The van der Waals surface area contributed by atoms with Crippen molar-refractivity contribution in [2.45, 2.75) is 49.0 Å². The van der Waals surface area contributed by atoms with Crippen LogP contribution in [0.1, 0.15) is 37.7 Å². The summed E-state index contributed by atoms with van der Waals surface area (Å²) in [6, 6.07) is 28.2. The molecule has 45 heavy (non-hydrogen) atoms. The van der Waals surface area contributed by atoms with Gasteiger partial charge in [-0.3, -0.25) is 9.78 Å². The third kappa shape index (κ3) is 8.25. The number of hydrogen-bond donors (Lipinski definition) is 3. The molecule has 1 heterocycles. The summed E-state index contributed by atoms with van der Waals surface area (Å²) >= 11 is 0. The third-order valence-corrected chi connectivity index (χ3v) is 9.24. The number of aliphatic carboxylic acids is 1. The van der Waals surface area contributed by atoms with Crippen LogP contribution in [0.3, 0.4) is 0 Å². The molecule has 1 amide bonds. The van der Waals surface area contributed by atoms with Crippen molar-refractivity contribution in [3.8, 4) is 16.9 Å². The van der Waals surface area contributed by atoms with Gasteiger partial charge in [-0.1, -0.05) is 60.7 Å². The predicted octanol–water partition coefficient (Wildman–Crippen LogP) is 5.11. The van der Waals surface area contributed by atoms with E-state index in [0.29, 0.717) is 17.9 Å². The Morgan fingerprint density at radius 3 is 2.24 bits per heavy atom. The number of alkyl carbamates (subject to hydrolysis) is 1. The summed E-state index contributed by atoms with van der Waals surface area (Å²) in [5, 5.41) is 11.0. The number of carboxylic acid groups (broad SMARTS) is 1. The number of rotatable bonds is 13. The SMILES string of the molecule is CCOc1cccc(-c2ccc(CC(N)(c3cccc(CC(C)(C)OC(=O)NCC(=O)O)n3)S(=O)(=O)c3ccccc3)cc2)c1. The maximum Gasteiger partial charge on any atom is 0.408 e. The molecular formula is C34H37N3O7S. The fourth-order valence-electron chi connectivity index (χ4n) is 4.90. The van der Waals surface area contributed by atoms with Crippen LogP contribution in [0.25, 0.3) is 11.1 Å². The van der Waals surface area contributed by atoms with Crippen LogP contribution in [-0.2, 0) is 37.1 Å². The number of ether oxygens (including phenoxy) is 2. The second kappa shape index (κ2) is 13.9. The molecule has 3 aromatic carbocycles. The predicted molar refractivity (Wildman–Crippen MR) is 170 cm³/mol. The van der Waals surface area contributed by atoms with E-state index in [4.69, 9.17) is 20.3 Å². The zero-order valence-electron chi connectivity index (χ0n) is 25.4. The first-order valence-corrected chi connectivity index (χ1v) is 15.9. The van der Waals surface area contributed by atoms with Gasteiger partial charge in [0.15, 0.2) is 4.87 Å². The van der Waals surface area contributed by atoms with E-state index in [2.05, 4.69) is 10.3 Å². The van der Waals surface area contributed by atoms with Gasteiger partial charge in [0.1, 0.15) is 17.9 Å². The first-order valence-electron chi connectivity index (χ1n) is 14.4. The average Bonchev–Trinajstić information content (AvgIpc) is 3.00. The molecule has 1 unspecified atom stereocenters. The summed E-state index contributed by atoms with van der Waals surface area (Å²) in [7, 11) is -4.17. The molecule has 0 spiro atoms. The zero-order chi connectivity index (χ0) is 32.7. The fourth-order valence-corrected chi connectivity index (χ4v) is 6.59. The van der Waals surface area contributed by atoms with E-state index in [1.807, 2.05) is 55.5 Å². The Morgan fingerprint density at radius 1 is 0.889 bits per heavy atom. The van der Waals surface area contributed by atoms with Gasteiger partial charge in [0.2, 0.25) is 9.84 Å². The van der Waals surface area contributed by atoms with Crippen LogP contribution in [0.5, 0.6) is 5.75 Å². The number of hydrogen-bond acceptors (Lipinski definition) is 8. The molecule has 4 aromatic rings. The Bertz CT molecular complexity index is 1740. The van der Waals surface area contributed by atoms with Crippen molar-refractivity contribution in [3.63, 3.8) is 0 Å². The first-order chi connectivity index (χ1) is 21.3. The number of carboxylic acids is 1. The van der Waals surface area contributed by atoms with E-state index in [9.17, 15) is 18.0 Å². The number of carbonyl (C=O) groups excluding carboxylic acids is 1. The Morgan fingerprint density at radius 2 is 1.58 bits per heavy atom. The minimum atomic E-state index is -4.17. The van der Waals surface area contributed by atoms with E-state index in [-0.39, 0.29) is 23.4 Å². The molecule has 11 heteroatoms. The molecule has 1 aromatic heterocycles. The van der Waals surface area contributed by atoms with Crippen molar-refractivity contribution in [1.82, 2.24) is 10.3 Å². The molecule has 0 aliphatic heterocycles. The first kappa shape index (κ1) is 33.2. The Hall–Kier alpha value is -4.74. The highest BCUT2D eigenvalue weighted by Gasteiger charge is 2.44. The van der Waals surface area contributed by atoms with Crippen molar-refractivity contribution >= 4 is 21.9 Å². The summed E-state index contributed by atoms with van der Waals surface area (Å²) in [4.78, 5) is 25.7. The second-order valence-corrected chi connectivity index (χ2v) is 13.3. The smallest absolute Gasteiger partial charge is 0.408 e. The highest BCUT2D eigenvalue weighted by Crippen LogP contribution is 2.35. The van der Waals surface area contributed by atoms with Crippen LogP contribution in [-0.4, -0.2) is 49.3 Å². The monoisotopic (exact) mass is 631 g/mol. The summed E-state index contributed by atoms with van der Waals surface area (Å²) in [6.45, 7) is 5.18.